The first-order chi connectivity index (χ1) is 7.06. The third kappa shape index (κ3) is 3.48. The number of aliphatic hydroxyl groups excluding tert-OH is 1. The predicted molar refractivity (Wildman–Crippen MR) is 63.9 cm³/mol. The molecule has 1 aromatic carbocycles. The molecular weight excluding hydrogens is 230 g/mol. The van der Waals surface area contributed by atoms with E-state index in [0.29, 0.717) is 6.42 Å². The Hall–Kier alpha value is -1.10. The van der Waals surface area contributed by atoms with E-state index >= 15 is 0 Å². The Balaban J connectivity index is 0.00000225. The van der Waals surface area contributed by atoms with Crippen LogP contribution in [0, 0.1) is 0 Å². The van der Waals surface area contributed by atoms with E-state index in [4.69, 9.17) is 10.8 Å². The third-order valence-corrected chi connectivity index (χ3v) is 2.38. The van der Waals surface area contributed by atoms with Crippen LogP contribution in [-0.2, 0) is 0 Å². The van der Waals surface area contributed by atoms with Crippen LogP contribution in [0.4, 0.5) is 0 Å². The van der Waals surface area contributed by atoms with Crippen LogP contribution in [-0.4, -0.2) is 22.3 Å². The molecule has 0 saturated carbocycles. The smallest absolute Gasteiger partial charge is 0.335 e. The highest BCUT2D eigenvalue weighted by atomic mass is 35.5. The molecule has 90 valence electrons. The Morgan fingerprint density at radius 2 is 1.88 bits per heavy atom. The van der Waals surface area contributed by atoms with Crippen molar-refractivity contribution in [3.63, 3.8) is 0 Å². The Kier molecular flexibility index (Phi) is 6.03. The number of benzene rings is 1. The first kappa shape index (κ1) is 14.9. The number of carbonyl (C=O) groups is 1. The van der Waals surface area contributed by atoms with Crippen LogP contribution in [0.3, 0.4) is 0 Å². The summed E-state index contributed by atoms with van der Waals surface area (Å²) in [6, 6.07) is 5.78. The minimum absolute atomic E-state index is 0. The molecule has 0 bridgehead atoms. The molecule has 0 aliphatic heterocycles. The van der Waals surface area contributed by atoms with Gasteiger partial charge in [0, 0.05) is 0 Å². The van der Waals surface area contributed by atoms with Gasteiger partial charge in [-0.25, -0.2) is 4.79 Å². The molecule has 0 unspecified atom stereocenters. The molecule has 0 spiro atoms. The summed E-state index contributed by atoms with van der Waals surface area (Å²) in [6.45, 7) is 1.84. The predicted octanol–water partition coefficient (Wildman–Crippen LogP) is 1.58. The van der Waals surface area contributed by atoms with Crippen LogP contribution in [0.25, 0.3) is 0 Å². The Bertz CT molecular complexity index is 340. The van der Waals surface area contributed by atoms with Crippen molar-refractivity contribution < 1.29 is 15.0 Å². The number of hydrogen-bond donors (Lipinski definition) is 3. The summed E-state index contributed by atoms with van der Waals surface area (Å²) in [4.78, 5) is 10.6. The molecule has 4 nitrogen and oxygen atoms in total. The highest BCUT2D eigenvalue weighted by Gasteiger charge is 2.14. The summed E-state index contributed by atoms with van der Waals surface area (Å²) in [5.74, 6) is -0.967. The van der Waals surface area contributed by atoms with Gasteiger partial charge in [0.05, 0.1) is 17.7 Å². The van der Waals surface area contributed by atoms with E-state index in [1.165, 1.54) is 12.1 Å². The maximum Gasteiger partial charge on any atom is 0.335 e. The zero-order chi connectivity index (χ0) is 11.4. The Morgan fingerprint density at radius 1 is 1.38 bits per heavy atom. The summed E-state index contributed by atoms with van der Waals surface area (Å²) < 4.78 is 0. The van der Waals surface area contributed by atoms with Gasteiger partial charge in [-0.15, -0.1) is 12.4 Å². The molecule has 0 aliphatic rings. The van der Waals surface area contributed by atoms with Gasteiger partial charge in [0.25, 0.3) is 0 Å². The first-order valence-electron chi connectivity index (χ1n) is 4.83. The van der Waals surface area contributed by atoms with Crippen molar-refractivity contribution in [2.24, 2.45) is 5.73 Å². The SMILES string of the molecule is CC[C@H](O)[C@H](N)c1ccc(C(=O)O)cc1.Cl. The number of aliphatic hydroxyl groups is 1. The maximum absolute atomic E-state index is 10.6. The normalized spacial score (nSPS) is 13.7. The molecule has 0 aliphatic carbocycles. The number of nitrogens with two attached hydrogens (primary N) is 1. The number of carboxylic acid groups (broad SMARTS) is 1. The van der Waals surface area contributed by atoms with Gasteiger partial charge in [0.2, 0.25) is 0 Å². The molecule has 4 N–H and O–H groups in total. The first-order valence-corrected chi connectivity index (χ1v) is 4.83. The number of halogens is 1. The van der Waals surface area contributed by atoms with Crippen molar-refractivity contribution in [3.05, 3.63) is 35.4 Å². The molecule has 5 heteroatoms. The lowest BCUT2D eigenvalue weighted by molar-refractivity contribution is 0.0697. The average Bonchev–Trinajstić information content (AvgIpc) is 2.27. The fourth-order valence-corrected chi connectivity index (χ4v) is 1.32. The van der Waals surface area contributed by atoms with E-state index in [1.807, 2.05) is 6.92 Å². The summed E-state index contributed by atoms with van der Waals surface area (Å²) in [5, 5.41) is 18.2. The van der Waals surface area contributed by atoms with Crippen LogP contribution in [0.15, 0.2) is 24.3 Å². The molecule has 0 aromatic heterocycles. The Labute approximate surface area is 100 Å². The summed E-state index contributed by atoms with van der Waals surface area (Å²) >= 11 is 0. The molecule has 2 atom stereocenters. The molecular formula is C11H16ClNO3. The van der Waals surface area contributed by atoms with Crippen LogP contribution in [0.5, 0.6) is 0 Å². The highest BCUT2D eigenvalue weighted by molar-refractivity contribution is 5.87. The van der Waals surface area contributed by atoms with Crippen molar-refractivity contribution in [2.75, 3.05) is 0 Å². The van der Waals surface area contributed by atoms with Crippen molar-refractivity contribution >= 4 is 18.4 Å². The molecule has 0 amide bonds. The fraction of sp³-hybridized carbons (Fsp3) is 0.364. The summed E-state index contributed by atoms with van der Waals surface area (Å²) in [5.41, 5.74) is 6.74. The Morgan fingerprint density at radius 3 is 2.25 bits per heavy atom. The summed E-state index contributed by atoms with van der Waals surface area (Å²) in [6.07, 6.45) is -0.0253. The number of carboxylic acids is 1. The van der Waals surface area contributed by atoms with Gasteiger partial charge >= 0.3 is 5.97 Å². The lowest BCUT2D eigenvalue weighted by atomic mass is 9.99. The van der Waals surface area contributed by atoms with E-state index in [-0.39, 0.29) is 18.0 Å². The monoisotopic (exact) mass is 245 g/mol. The number of hydrogen-bond acceptors (Lipinski definition) is 3. The van der Waals surface area contributed by atoms with Crippen molar-refractivity contribution in [3.8, 4) is 0 Å². The lowest BCUT2D eigenvalue weighted by Crippen LogP contribution is -2.25. The van der Waals surface area contributed by atoms with Crippen LogP contribution >= 0.6 is 12.4 Å². The van der Waals surface area contributed by atoms with Crippen molar-refractivity contribution in [1.82, 2.24) is 0 Å². The van der Waals surface area contributed by atoms with E-state index in [0.717, 1.165) is 5.56 Å². The topological polar surface area (TPSA) is 83.5 Å². The number of rotatable bonds is 4. The van der Waals surface area contributed by atoms with Gasteiger partial charge in [0.15, 0.2) is 0 Å². The van der Waals surface area contributed by atoms with E-state index in [2.05, 4.69) is 0 Å². The lowest BCUT2D eigenvalue weighted by Gasteiger charge is -2.17. The van der Waals surface area contributed by atoms with Crippen LogP contribution in [0.2, 0.25) is 0 Å². The zero-order valence-electron chi connectivity index (χ0n) is 8.96. The quantitative estimate of drug-likeness (QED) is 0.752. The van der Waals surface area contributed by atoms with Gasteiger partial charge in [-0.1, -0.05) is 19.1 Å². The second kappa shape index (κ2) is 6.48. The molecule has 0 heterocycles. The summed E-state index contributed by atoms with van der Waals surface area (Å²) in [7, 11) is 0. The number of aromatic carboxylic acids is 1. The molecule has 0 saturated heterocycles. The van der Waals surface area contributed by atoms with Crippen molar-refractivity contribution in [2.45, 2.75) is 25.5 Å². The molecule has 0 fully saturated rings. The van der Waals surface area contributed by atoms with Crippen LogP contribution < -0.4 is 5.73 Å². The second-order valence-corrected chi connectivity index (χ2v) is 3.43. The van der Waals surface area contributed by atoms with Gasteiger partial charge in [-0.05, 0) is 24.1 Å². The van der Waals surface area contributed by atoms with E-state index in [9.17, 15) is 9.90 Å². The van der Waals surface area contributed by atoms with Gasteiger partial charge in [-0.3, -0.25) is 0 Å². The third-order valence-electron chi connectivity index (χ3n) is 2.38. The molecule has 1 aromatic rings. The second-order valence-electron chi connectivity index (χ2n) is 3.43. The minimum Gasteiger partial charge on any atom is -0.478 e. The van der Waals surface area contributed by atoms with Gasteiger partial charge in [-0.2, -0.15) is 0 Å². The zero-order valence-corrected chi connectivity index (χ0v) is 9.78. The molecule has 1 rings (SSSR count). The minimum atomic E-state index is -0.967. The fourth-order valence-electron chi connectivity index (χ4n) is 1.32. The van der Waals surface area contributed by atoms with E-state index in [1.54, 1.807) is 12.1 Å². The van der Waals surface area contributed by atoms with Gasteiger partial charge in [0.1, 0.15) is 0 Å². The van der Waals surface area contributed by atoms with E-state index < -0.39 is 18.1 Å². The van der Waals surface area contributed by atoms with Crippen molar-refractivity contribution in [1.29, 1.82) is 0 Å². The maximum atomic E-state index is 10.6. The highest BCUT2D eigenvalue weighted by Crippen LogP contribution is 2.16. The van der Waals surface area contributed by atoms with Crippen LogP contribution in [0.1, 0.15) is 35.3 Å². The standard InChI is InChI=1S/C11H15NO3.ClH/c1-2-9(13)10(12)7-3-5-8(6-4-7)11(14)15;/h3-6,9-10,13H,2,12H2,1H3,(H,14,15);1H/t9-,10+;/m0./s1. The largest absolute Gasteiger partial charge is 0.478 e. The molecule has 16 heavy (non-hydrogen) atoms. The van der Waals surface area contributed by atoms with Gasteiger partial charge < -0.3 is 15.9 Å². The molecule has 0 radical (unpaired) electrons. The average molecular weight is 246 g/mol.